The molecule has 0 spiro atoms. The summed E-state index contributed by atoms with van der Waals surface area (Å²) in [5, 5.41) is 7.48. The summed E-state index contributed by atoms with van der Waals surface area (Å²) >= 11 is 6.22. The van der Waals surface area contributed by atoms with Crippen LogP contribution in [0.2, 0.25) is 5.02 Å². The lowest BCUT2D eigenvalue weighted by Crippen LogP contribution is -2.45. The molecule has 1 unspecified atom stereocenters. The van der Waals surface area contributed by atoms with Gasteiger partial charge in [0, 0.05) is 52.1 Å². The van der Waals surface area contributed by atoms with Gasteiger partial charge in [-0.2, -0.15) is 0 Å². The van der Waals surface area contributed by atoms with Crippen molar-refractivity contribution in [3.63, 3.8) is 0 Å². The number of hydrogen-bond acceptors (Lipinski definition) is 4. The Hall–Kier alpha value is -0.800. The average Bonchev–Trinajstić information content (AvgIpc) is 3.02. The Morgan fingerprint density at radius 3 is 3.08 bits per heavy atom. The SMILES string of the molecule is CCOCCCNC(=NC)NC1CCN(c2ncccc2Cl)C1.I. The van der Waals surface area contributed by atoms with Crippen molar-refractivity contribution < 1.29 is 4.74 Å². The van der Waals surface area contributed by atoms with E-state index in [1.807, 2.05) is 19.1 Å². The molecule has 8 heteroatoms. The number of nitrogens with zero attached hydrogens (tertiary/aromatic N) is 3. The number of ether oxygens (including phenoxy) is 1. The predicted molar refractivity (Wildman–Crippen MR) is 111 cm³/mol. The van der Waals surface area contributed by atoms with Crippen LogP contribution in [0, 0.1) is 0 Å². The molecular formula is C16H27ClIN5O. The van der Waals surface area contributed by atoms with Crippen LogP contribution in [-0.2, 0) is 4.74 Å². The van der Waals surface area contributed by atoms with Crippen LogP contribution in [0.25, 0.3) is 0 Å². The second-order valence-corrected chi connectivity index (χ2v) is 5.84. The van der Waals surface area contributed by atoms with Crippen LogP contribution < -0.4 is 15.5 Å². The zero-order valence-electron chi connectivity index (χ0n) is 14.3. The van der Waals surface area contributed by atoms with Gasteiger partial charge in [0.05, 0.1) is 5.02 Å². The lowest BCUT2D eigenvalue weighted by molar-refractivity contribution is 0.145. The first kappa shape index (κ1) is 21.2. The molecule has 24 heavy (non-hydrogen) atoms. The van der Waals surface area contributed by atoms with Crippen molar-refractivity contribution in [3.05, 3.63) is 23.4 Å². The molecule has 0 aromatic carbocycles. The van der Waals surface area contributed by atoms with E-state index >= 15 is 0 Å². The van der Waals surface area contributed by atoms with Crippen molar-refractivity contribution in [2.75, 3.05) is 44.8 Å². The number of anilines is 1. The van der Waals surface area contributed by atoms with Gasteiger partial charge in [0.1, 0.15) is 5.82 Å². The third kappa shape index (κ3) is 6.60. The summed E-state index contributed by atoms with van der Waals surface area (Å²) in [6.07, 6.45) is 3.78. The Morgan fingerprint density at radius 2 is 2.38 bits per heavy atom. The number of hydrogen-bond donors (Lipinski definition) is 2. The van der Waals surface area contributed by atoms with E-state index in [0.717, 1.165) is 57.5 Å². The molecule has 2 rings (SSSR count). The highest BCUT2D eigenvalue weighted by molar-refractivity contribution is 14.0. The van der Waals surface area contributed by atoms with Crippen molar-refractivity contribution in [1.29, 1.82) is 0 Å². The molecule has 1 aliphatic heterocycles. The van der Waals surface area contributed by atoms with Gasteiger partial charge in [0.2, 0.25) is 0 Å². The molecule has 136 valence electrons. The quantitative estimate of drug-likeness (QED) is 0.279. The second-order valence-electron chi connectivity index (χ2n) is 5.43. The Bertz CT molecular complexity index is 517. The normalized spacial score (nSPS) is 17.5. The number of aromatic nitrogens is 1. The predicted octanol–water partition coefficient (Wildman–Crippen LogP) is 2.52. The highest BCUT2D eigenvalue weighted by atomic mass is 127. The molecule has 1 aromatic heterocycles. The molecule has 6 nitrogen and oxygen atoms in total. The van der Waals surface area contributed by atoms with Crippen molar-refractivity contribution in [3.8, 4) is 0 Å². The highest BCUT2D eigenvalue weighted by Gasteiger charge is 2.25. The molecule has 2 N–H and O–H groups in total. The van der Waals surface area contributed by atoms with Gasteiger partial charge in [-0.3, -0.25) is 4.99 Å². The van der Waals surface area contributed by atoms with Gasteiger partial charge in [-0.15, -0.1) is 24.0 Å². The fourth-order valence-corrected chi connectivity index (χ4v) is 2.83. The Morgan fingerprint density at radius 1 is 1.54 bits per heavy atom. The van der Waals surface area contributed by atoms with Crippen LogP contribution in [0.1, 0.15) is 19.8 Å². The van der Waals surface area contributed by atoms with Gasteiger partial charge in [-0.25, -0.2) is 4.98 Å². The molecule has 1 saturated heterocycles. The Kier molecular flexibility index (Phi) is 10.4. The van der Waals surface area contributed by atoms with E-state index in [1.165, 1.54) is 0 Å². The fraction of sp³-hybridized carbons (Fsp3) is 0.625. The topological polar surface area (TPSA) is 61.8 Å². The molecule has 1 aliphatic rings. The summed E-state index contributed by atoms with van der Waals surface area (Å²) in [5.41, 5.74) is 0. The minimum atomic E-state index is 0. The van der Waals surface area contributed by atoms with Crippen LogP contribution in [0.4, 0.5) is 5.82 Å². The van der Waals surface area contributed by atoms with Gasteiger partial charge in [-0.1, -0.05) is 11.6 Å². The van der Waals surface area contributed by atoms with Gasteiger partial charge in [-0.05, 0) is 31.9 Å². The molecule has 1 fully saturated rings. The van der Waals surface area contributed by atoms with Crippen molar-refractivity contribution >= 4 is 47.4 Å². The number of rotatable bonds is 7. The highest BCUT2D eigenvalue weighted by Crippen LogP contribution is 2.25. The number of pyridine rings is 1. The van der Waals surface area contributed by atoms with E-state index in [0.29, 0.717) is 11.1 Å². The molecule has 1 atom stereocenters. The summed E-state index contributed by atoms with van der Waals surface area (Å²) in [7, 11) is 1.79. The Labute approximate surface area is 166 Å². The fourth-order valence-electron chi connectivity index (χ4n) is 2.59. The minimum Gasteiger partial charge on any atom is -0.382 e. The lowest BCUT2D eigenvalue weighted by Gasteiger charge is -2.20. The van der Waals surface area contributed by atoms with E-state index < -0.39 is 0 Å². The van der Waals surface area contributed by atoms with E-state index in [-0.39, 0.29) is 24.0 Å². The molecule has 0 radical (unpaired) electrons. The molecule has 1 aromatic rings. The van der Waals surface area contributed by atoms with Crippen LogP contribution in [0.5, 0.6) is 0 Å². The molecule has 0 saturated carbocycles. The third-order valence-electron chi connectivity index (χ3n) is 3.75. The molecule has 0 aliphatic carbocycles. The van der Waals surface area contributed by atoms with E-state index in [2.05, 4.69) is 25.5 Å². The van der Waals surface area contributed by atoms with E-state index in [4.69, 9.17) is 16.3 Å². The van der Waals surface area contributed by atoms with Crippen molar-refractivity contribution in [2.24, 2.45) is 4.99 Å². The standard InChI is InChI=1S/C16H26ClN5O.HI/c1-3-23-11-5-9-20-16(18-2)21-13-7-10-22(12-13)15-14(17)6-4-8-19-15;/h4,6,8,13H,3,5,7,9-12H2,1-2H3,(H2,18,20,21);1H. The van der Waals surface area contributed by atoms with Gasteiger partial charge < -0.3 is 20.3 Å². The summed E-state index contributed by atoms with van der Waals surface area (Å²) in [6, 6.07) is 4.07. The zero-order valence-corrected chi connectivity index (χ0v) is 17.4. The first-order valence-corrected chi connectivity index (χ1v) is 8.52. The maximum atomic E-state index is 6.22. The molecule has 0 amide bonds. The summed E-state index contributed by atoms with van der Waals surface area (Å²) < 4.78 is 5.33. The lowest BCUT2D eigenvalue weighted by atomic mass is 10.3. The van der Waals surface area contributed by atoms with Gasteiger partial charge >= 0.3 is 0 Å². The molecule has 2 heterocycles. The smallest absolute Gasteiger partial charge is 0.191 e. The maximum Gasteiger partial charge on any atom is 0.191 e. The minimum absolute atomic E-state index is 0. The number of nitrogens with one attached hydrogen (secondary N) is 2. The van der Waals surface area contributed by atoms with Crippen LogP contribution in [0.15, 0.2) is 23.3 Å². The monoisotopic (exact) mass is 467 g/mol. The van der Waals surface area contributed by atoms with Crippen molar-refractivity contribution in [2.45, 2.75) is 25.8 Å². The summed E-state index contributed by atoms with van der Waals surface area (Å²) in [6.45, 7) is 6.21. The number of guanidine groups is 1. The van der Waals surface area contributed by atoms with Crippen molar-refractivity contribution in [1.82, 2.24) is 15.6 Å². The van der Waals surface area contributed by atoms with Crippen LogP contribution in [-0.4, -0.2) is 56.9 Å². The maximum absolute atomic E-state index is 6.22. The number of halogens is 2. The van der Waals surface area contributed by atoms with E-state index in [1.54, 1.807) is 13.2 Å². The number of aliphatic imine (C=N–C) groups is 1. The third-order valence-corrected chi connectivity index (χ3v) is 4.05. The van der Waals surface area contributed by atoms with Gasteiger partial charge in [0.25, 0.3) is 0 Å². The average molecular weight is 468 g/mol. The molecule has 0 bridgehead atoms. The summed E-state index contributed by atoms with van der Waals surface area (Å²) in [5.74, 6) is 1.69. The summed E-state index contributed by atoms with van der Waals surface area (Å²) in [4.78, 5) is 10.9. The van der Waals surface area contributed by atoms with Gasteiger partial charge in [0.15, 0.2) is 5.96 Å². The van der Waals surface area contributed by atoms with E-state index in [9.17, 15) is 0 Å². The first-order valence-electron chi connectivity index (χ1n) is 8.15. The van der Waals surface area contributed by atoms with Crippen LogP contribution >= 0.6 is 35.6 Å². The Balaban J connectivity index is 0.00000288. The zero-order chi connectivity index (χ0) is 16.5. The largest absolute Gasteiger partial charge is 0.382 e. The van der Waals surface area contributed by atoms with Crippen LogP contribution in [0.3, 0.4) is 0 Å². The molecular weight excluding hydrogens is 441 g/mol. The second kappa shape index (κ2) is 11.7. The first-order chi connectivity index (χ1) is 11.2.